The van der Waals surface area contributed by atoms with Crippen LogP contribution in [0.2, 0.25) is 0 Å². The molecule has 0 radical (unpaired) electrons. The van der Waals surface area contributed by atoms with Crippen LogP contribution in [0.25, 0.3) is 0 Å². The number of hydrogen-bond donors (Lipinski definition) is 2. The summed E-state index contributed by atoms with van der Waals surface area (Å²) in [6.45, 7) is 0.772. The van der Waals surface area contributed by atoms with E-state index in [4.69, 9.17) is 0 Å². The van der Waals surface area contributed by atoms with Crippen molar-refractivity contribution in [1.82, 2.24) is 5.32 Å². The molecule has 2 heterocycles. The van der Waals surface area contributed by atoms with Gasteiger partial charge >= 0.3 is 11.8 Å². The number of nitrogens with one attached hydrogen (secondary N) is 2. The Morgan fingerprint density at radius 3 is 2.33 bits per heavy atom. The summed E-state index contributed by atoms with van der Waals surface area (Å²) in [4.78, 5) is 38.7. The first-order valence-corrected chi connectivity index (χ1v) is 10.2. The van der Waals surface area contributed by atoms with Crippen LogP contribution in [0.15, 0.2) is 12.1 Å². The first-order valence-electron chi connectivity index (χ1n) is 10.2. The molecule has 3 aliphatic rings. The predicted octanol–water partition coefficient (Wildman–Crippen LogP) is 2.69. The summed E-state index contributed by atoms with van der Waals surface area (Å²) in [6, 6.07) is 3.94. The number of rotatable bonds is 2. The lowest BCUT2D eigenvalue weighted by Gasteiger charge is -2.35. The van der Waals surface area contributed by atoms with Crippen LogP contribution in [0, 0.1) is 0 Å². The number of amides is 3. The Hall–Kier alpha value is -2.37. The van der Waals surface area contributed by atoms with Crippen LogP contribution >= 0.6 is 0 Å². The summed E-state index contributed by atoms with van der Waals surface area (Å²) in [5.74, 6) is -0.973. The third-order valence-corrected chi connectivity index (χ3v) is 5.93. The summed E-state index contributed by atoms with van der Waals surface area (Å²) >= 11 is 0. The molecule has 2 N–H and O–H groups in total. The average Bonchev–Trinajstić information content (AvgIpc) is 2.93. The van der Waals surface area contributed by atoms with Gasteiger partial charge in [-0.15, -0.1) is 0 Å². The van der Waals surface area contributed by atoms with Crippen LogP contribution in [0.3, 0.4) is 0 Å². The molecule has 0 spiro atoms. The molecule has 3 amide bonds. The fourth-order valence-electron chi connectivity index (χ4n) is 4.59. The maximum atomic E-state index is 12.4. The molecule has 1 fully saturated rings. The number of benzene rings is 1. The van der Waals surface area contributed by atoms with Gasteiger partial charge < -0.3 is 15.5 Å². The number of carbonyl (C=O) groups excluding carboxylic acids is 3. The molecule has 0 unspecified atom stereocenters. The van der Waals surface area contributed by atoms with E-state index < -0.39 is 11.8 Å². The van der Waals surface area contributed by atoms with Crippen LogP contribution in [-0.2, 0) is 27.2 Å². The van der Waals surface area contributed by atoms with Crippen molar-refractivity contribution in [3.8, 4) is 0 Å². The summed E-state index contributed by atoms with van der Waals surface area (Å²) in [5, 5.41) is 5.66. The average molecular weight is 369 g/mol. The smallest absolute Gasteiger partial charge is 0.313 e. The van der Waals surface area contributed by atoms with Crippen molar-refractivity contribution in [1.29, 1.82) is 0 Å². The van der Waals surface area contributed by atoms with Crippen LogP contribution in [-0.4, -0.2) is 30.3 Å². The summed E-state index contributed by atoms with van der Waals surface area (Å²) in [7, 11) is 0. The number of anilines is 2. The van der Waals surface area contributed by atoms with Gasteiger partial charge in [0.1, 0.15) is 0 Å². The van der Waals surface area contributed by atoms with E-state index in [1.807, 2.05) is 17.0 Å². The third-order valence-electron chi connectivity index (χ3n) is 5.93. The number of hydrogen-bond acceptors (Lipinski definition) is 3. The normalized spacial score (nSPS) is 19.9. The first-order chi connectivity index (χ1) is 13.1. The van der Waals surface area contributed by atoms with Crippen molar-refractivity contribution in [2.45, 2.75) is 70.3 Å². The minimum Gasteiger partial charge on any atom is -0.345 e. The molecule has 0 aromatic heterocycles. The molecular formula is C21H27N3O3. The topological polar surface area (TPSA) is 78.5 Å². The van der Waals surface area contributed by atoms with Gasteiger partial charge in [0.05, 0.1) is 5.69 Å². The van der Waals surface area contributed by atoms with Crippen LogP contribution in [0.4, 0.5) is 11.4 Å². The highest BCUT2D eigenvalue weighted by Gasteiger charge is 2.30. The van der Waals surface area contributed by atoms with Crippen molar-refractivity contribution in [3.63, 3.8) is 0 Å². The predicted molar refractivity (Wildman–Crippen MR) is 104 cm³/mol. The summed E-state index contributed by atoms with van der Waals surface area (Å²) < 4.78 is 0. The van der Waals surface area contributed by atoms with Gasteiger partial charge in [-0.05, 0) is 55.4 Å². The minimum atomic E-state index is -0.606. The molecule has 0 atom stereocenters. The molecule has 1 saturated carbocycles. The van der Waals surface area contributed by atoms with E-state index in [-0.39, 0.29) is 11.9 Å². The Morgan fingerprint density at radius 2 is 1.59 bits per heavy atom. The largest absolute Gasteiger partial charge is 0.345 e. The molecule has 144 valence electrons. The number of aryl methyl sites for hydroxylation is 2. The fraction of sp³-hybridized carbons (Fsp3) is 0.571. The first kappa shape index (κ1) is 18.0. The highest BCUT2D eigenvalue weighted by Crippen LogP contribution is 2.37. The molecule has 0 saturated heterocycles. The Balaban J connectivity index is 1.45. The van der Waals surface area contributed by atoms with E-state index in [1.165, 1.54) is 12.8 Å². The zero-order valence-corrected chi connectivity index (χ0v) is 15.7. The summed E-state index contributed by atoms with van der Waals surface area (Å²) in [5.41, 5.74) is 3.86. The summed E-state index contributed by atoms with van der Waals surface area (Å²) in [6.07, 6.45) is 9.54. The number of nitrogens with zero attached hydrogens (tertiary/aromatic N) is 1. The van der Waals surface area contributed by atoms with E-state index in [1.54, 1.807) is 0 Å². The van der Waals surface area contributed by atoms with Crippen molar-refractivity contribution in [3.05, 3.63) is 23.3 Å². The maximum absolute atomic E-state index is 12.4. The third kappa shape index (κ3) is 3.84. The molecular weight excluding hydrogens is 342 g/mol. The monoisotopic (exact) mass is 369 g/mol. The highest BCUT2D eigenvalue weighted by atomic mass is 16.2. The van der Waals surface area contributed by atoms with Gasteiger partial charge in [-0.2, -0.15) is 0 Å². The Labute approximate surface area is 159 Å². The van der Waals surface area contributed by atoms with Crippen LogP contribution in [0.1, 0.15) is 62.5 Å². The Kier molecular flexibility index (Phi) is 5.14. The van der Waals surface area contributed by atoms with Gasteiger partial charge in [0.25, 0.3) is 0 Å². The van der Waals surface area contributed by atoms with Crippen molar-refractivity contribution < 1.29 is 14.4 Å². The second-order valence-electron chi connectivity index (χ2n) is 7.91. The molecule has 1 aliphatic carbocycles. The number of carbonyl (C=O) groups is 3. The lowest BCUT2D eigenvalue weighted by atomic mass is 9.91. The molecule has 1 aromatic rings. The second-order valence-corrected chi connectivity index (χ2v) is 7.91. The van der Waals surface area contributed by atoms with Crippen LogP contribution in [0.5, 0.6) is 0 Å². The second kappa shape index (κ2) is 7.71. The van der Waals surface area contributed by atoms with Gasteiger partial charge in [-0.1, -0.05) is 25.7 Å². The zero-order chi connectivity index (χ0) is 18.8. The lowest BCUT2D eigenvalue weighted by molar-refractivity contribution is -0.136. The lowest BCUT2D eigenvalue weighted by Crippen LogP contribution is -2.42. The SMILES string of the molecule is O=C(Nc1cc2c3c(c1)CCC(=O)N3CCC2)C(=O)NC1CCCCCC1. The van der Waals surface area contributed by atoms with E-state index in [0.29, 0.717) is 18.5 Å². The molecule has 4 rings (SSSR count). The maximum Gasteiger partial charge on any atom is 0.313 e. The van der Waals surface area contributed by atoms with Gasteiger partial charge in [0.15, 0.2) is 0 Å². The Morgan fingerprint density at radius 1 is 0.889 bits per heavy atom. The van der Waals surface area contributed by atoms with E-state index >= 15 is 0 Å². The van der Waals surface area contributed by atoms with Crippen molar-refractivity contribution in [2.24, 2.45) is 0 Å². The molecule has 1 aromatic carbocycles. The van der Waals surface area contributed by atoms with Gasteiger partial charge in [-0.3, -0.25) is 14.4 Å². The van der Waals surface area contributed by atoms with Crippen molar-refractivity contribution in [2.75, 3.05) is 16.8 Å². The van der Waals surface area contributed by atoms with Gasteiger partial charge in [0.2, 0.25) is 5.91 Å². The Bertz CT molecular complexity index is 749. The fourth-order valence-corrected chi connectivity index (χ4v) is 4.59. The van der Waals surface area contributed by atoms with E-state index in [0.717, 1.165) is 61.9 Å². The molecule has 0 bridgehead atoms. The minimum absolute atomic E-state index is 0.106. The zero-order valence-electron chi connectivity index (χ0n) is 15.7. The van der Waals surface area contributed by atoms with Gasteiger partial charge in [0, 0.05) is 24.7 Å². The highest BCUT2D eigenvalue weighted by molar-refractivity contribution is 6.39. The quantitative estimate of drug-likeness (QED) is 0.621. The molecule has 6 nitrogen and oxygen atoms in total. The molecule has 6 heteroatoms. The van der Waals surface area contributed by atoms with Crippen molar-refractivity contribution >= 4 is 29.1 Å². The van der Waals surface area contributed by atoms with Gasteiger partial charge in [-0.25, -0.2) is 0 Å². The van der Waals surface area contributed by atoms with E-state index in [2.05, 4.69) is 10.6 Å². The molecule has 27 heavy (non-hydrogen) atoms. The molecule has 2 aliphatic heterocycles. The standard InChI is InChI=1S/C21H27N3O3/c25-18-10-9-15-13-17(12-14-6-5-11-24(18)19(14)15)23-21(27)20(26)22-16-7-3-1-2-4-8-16/h12-13,16H,1-11H2,(H,22,26)(H,23,27). The van der Waals surface area contributed by atoms with Crippen LogP contribution < -0.4 is 15.5 Å². The van der Waals surface area contributed by atoms with E-state index in [9.17, 15) is 14.4 Å².